The fourth-order valence-corrected chi connectivity index (χ4v) is 5.01. The summed E-state index contributed by atoms with van der Waals surface area (Å²) in [5.74, 6) is -1.02. The number of nitrogens with zero attached hydrogens (tertiary/aromatic N) is 1. The van der Waals surface area contributed by atoms with Gasteiger partial charge in [-0.15, -0.1) is 0 Å². The van der Waals surface area contributed by atoms with Gasteiger partial charge in [0.05, 0.1) is 19.3 Å². The zero-order valence-corrected chi connectivity index (χ0v) is 20.3. The molecular formula is C27H29N3O6. The second-order valence-corrected chi connectivity index (χ2v) is 9.56. The second kappa shape index (κ2) is 9.73. The number of piperidine rings is 1. The first kappa shape index (κ1) is 24.0. The summed E-state index contributed by atoms with van der Waals surface area (Å²) in [5, 5.41) is 5.18. The standard InChI is InChI=1S/C27H29N3O6/c1-15(18-4-3-17-9-10-35-14-21(17)11-18)28-27(34)36-16(2)19-5-6-20-13-30(26(33)22(20)12-19)23-7-8-24(31)29-25(23)32/h3-6,11-12,15-16,23H,7-10,13-14H2,1-2H3,(H,28,34)(H,29,31,32). The van der Waals surface area contributed by atoms with Crippen LogP contribution >= 0.6 is 0 Å². The molecule has 1 saturated heterocycles. The van der Waals surface area contributed by atoms with Gasteiger partial charge in [0.1, 0.15) is 12.1 Å². The number of ether oxygens (including phenoxy) is 2. The van der Waals surface area contributed by atoms with Crippen LogP contribution in [0.1, 0.15) is 77.0 Å². The Morgan fingerprint density at radius 3 is 2.64 bits per heavy atom. The van der Waals surface area contributed by atoms with E-state index < -0.39 is 24.1 Å². The molecule has 0 spiro atoms. The fraction of sp³-hybridized carbons (Fsp3) is 0.407. The van der Waals surface area contributed by atoms with Gasteiger partial charge < -0.3 is 19.7 Å². The van der Waals surface area contributed by atoms with Gasteiger partial charge >= 0.3 is 6.09 Å². The number of benzene rings is 2. The molecule has 3 aliphatic heterocycles. The van der Waals surface area contributed by atoms with E-state index >= 15 is 0 Å². The minimum atomic E-state index is -0.665. The van der Waals surface area contributed by atoms with E-state index in [0.29, 0.717) is 30.7 Å². The smallest absolute Gasteiger partial charge is 0.408 e. The number of hydrogen-bond acceptors (Lipinski definition) is 6. The summed E-state index contributed by atoms with van der Waals surface area (Å²) in [5.41, 5.74) is 5.35. The number of fused-ring (bicyclic) bond motifs is 2. The van der Waals surface area contributed by atoms with Gasteiger partial charge in [-0.3, -0.25) is 19.7 Å². The zero-order valence-electron chi connectivity index (χ0n) is 20.3. The van der Waals surface area contributed by atoms with Crippen molar-refractivity contribution in [3.63, 3.8) is 0 Å². The third-order valence-electron chi connectivity index (χ3n) is 7.14. The molecule has 5 rings (SSSR count). The molecule has 1 fully saturated rings. The van der Waals surface area contributed by atoms with Gasteiger partial charge in [-0.1, -0.05) is 30.3 Å². The molecule has 9 nitrogen and oxygen atoms in total. The van der Waals surface area contributed by atoms with Crippen molar-refractivity contribution in [1.29, 1.82) is 0 Å². The predicted octanol–water partition coefficient (Wildman–Crippen LogP) is 3.07. The lowest BCUT2D eigenvalue weighted by molar-refractivity contribution is -0.136. The summed E-state index contributed by atoms with van der Waals surface area (Å²) in [6, 6.07) is 10.6. The second-order valence-electron chi connectivity index (χ2n) is 9.56. The number of rotatable bonds is 5. The number of amides is 4. The van der Waals surface area contributed by atoms with Crippen LogP contribution in [0.25, 0.3) is 0 Å². The molecule has 2 aromatic rings. The first-order chi connectivity index (χ1) is 17.3. The van der Waals surface area contributed by atoms with Crippen LogP contribution in [0.15, 0.2) is 36.4 Å². The number of imide groups is 1. The highest BCUT2D eigenvalue weighted by Gasteiger charge is 2.39. The molecule has 9 heteroatoms. The molecular weight excluding hydrogens is 462 g/mol. The van der Waals surface area contributed by atoms with E-state index in [1.54, 1.807) is 13.0 Å². The average molecular weight is 492 g/mol. The summed E-state index contributed by atoms with van der Waals surface area (Å²) in [4.78, 5) is 50.9. The van der Waals surface area contributed by atoms with Crippen molar-refractivity contribution in [2.24, 2.45) is 0 Å². The van der Waals surface area contributed by atoms with E-state index in [9.17, 15) is 19.2 Å². The fourth-order valence-electron chi connectivity index (χ4n) is 5.01. The molecule has 3 aliphatic rings. The monoisotopic (exact) mass is 491 g/mol. The van der Waals surface area contributed by atoms with Crippen molar-refractivity contribution in [2.75, 3.05) is 6.61 Å². The van der Waals surface area contributed by atoms with E-state index in [1.807, 2.05) is 25.1 Å². The van der Waals surface area contributed by atoms with Crippen molar-refractivity contribution >= 4 is 23.8 Å². The first-order valence-corrected chi connectivity index (χ1v) is 12.2. The largest absolute Gasteiger partial charge is 0.442 e. The van der Waals surface area contributed by atoms with Crippen LogP contribution in [0, 0.1) is 0 Å². The van der Waals surface area contributed by atoms with Crippen LogP contribution < -0.4 is 10.6 Å². The van der Waals surface area contributed by atoms with E-state index in [0.717, 1.165) is 29.7 Å². The highest BCUT2D eigenvalue weighted by Crippen LogP contribution is 2.30. The Balaban J connectivity index is 1.21. The highest BCUT2D eigenvalue weighted by molar-refractivity contribution is 6.05. The lowest BCUT2D eigenvalue weighted by atomic mass is 9.98. The van der Waals surface area contributed by atoms with E-state index in [1.165, 1.54) is 10.5 Å². The summed E-state index contributed by atoms with van der Waals surface area (Å²) in [6.45, 7) is 5.26. The maximum absolute atomic E-state index is 13.1. The van der Waals surface area contributed by atoms with Gasteiger partial charge in [-0.05, 0) is 60.6 Å². The van der Waals surface area contributed by atoms with E-state index in [4.69, 9.17) is 9.47 Å². The summed E-state index contributed by atoms with van der Waals surface area (Å²) < 4.78 is 11.1. The first-order valence-electron chi connectivity index (χ1n) is 12.2. The van der Waals surface area contributed by atoms with Crippen LogP contribution in [-0.4, -0.2) is 41.4 Å². The molecule has 0 radical (unpaired) electrons. The Hall–Kier alpha value is -3.72. The lowest BCUT2D eigenvalue weighted by Crippen LogP contribution is -2.52. The van der Waals surface area contributed by atoms with Gasteiger partial charge in [0.15, 0.2) is 0 Å². The Kier molecular flexibility index (Phi) is 6.49. The molecule has 0 bridgehead atoms. The summed E-state index contributed by atoms with van der Waals surface area (Å²) >= 11 is 0. The van der Waals surface area contributed by atoms with Crippen molar-refractivity contribution in [1.82, 2.24) is 15.5 Å². The molecule has 0 saturated carbocycles. The minimum absolute atomic E-state index is 0.208. The SMILES string of the molecule is CC(NC(=O)OC(C)c1ccc2c(c1)C(=O)N(C1CCC(=O)NC1=O)C2)c1ccc2c(c1)COCC2. The van der Waals surface area contributed by atoms with Crippen LogP contribution in [0.3, 0.4) is 0 Å². The molecule has 2 aromatic carbocycles. The molecule has 0 aliphatic carbocycles. The van der Waals surface area contributed by atoms with E-state index in [-0.39, 0.29) is 24.3 Å². The number of alkyl carbamates (subject to hydrolysis) is 1. The maximum Gasteiger partial charge on any atom is 0.408 e. The third kappa shape index (κ3) is 4.70. The Morgan fingerprint density at radius 2 is 1.83 bits per heavy atom. The molecule has 3 atom stereocenters. The van der Waals surface area contributed by atoms with Crippen LogP contribution in [0.5, 0.6) is 0 Å². The Labute approximate surface area is 209 Å². The molecule has 4 amide bonds. The normalized spacial score (nSPS) is 20.8. The number of hydrogen-bond donors (Lipinski definition) is 2. The Morgan fingerprint density at radius 1 is 1.06 bits per heavy atom. The van der Waals surface area contributed by atoms with E-state index in [2.05, 4.69) is 22.8 Å². The van der Waals surface area contributed by atoms with Crippen LogP contribution in [0.4, 0.5) is 4.79 Å². The number of carbonyl (C=O) groups excluding carboxylic acids is 4. The maximum atomic E-state index is 13.1. The van der Waals surface area contributed by atoms with Gasteiger partial charge in [0, 0.05) is 18.5 Å². The minimum Gasteiger partial charge on any atom is -0.442 e. The van der Waals surface area contributed by atoms with Gasteiger partial charge in [0.25, 0.3) is 5.91 Å². The molecule has 3 unspecified atom stereocenters. The van der Waals surface area contributed by atoms with Crippen LogP contribution in [0.2, 0.25) is 0 Å². The zero-order chi connectivity index (χ0) is 25.4. The van der Waals surface area contributed by atoms with Crippen molar-refractivity contribution < 1.29 is 28.7 Å². The average Bonchev–Trinajstić information content (AvgIpc) is 3.19. The molecule has 3 heterocycles. The number of nitrogens with one attached hydrogen (secondary N) is 2. The highest BCUT2D eigenvalue weighted by atomic mass is 16.6. The van der Waals surface area contributed by atoms with Gasteiger partial charge in [-0.25, -0.2) is 4.79 Å². The molecule has 188 valence electrons. The van der Waals surface area contributed by atoms with Crippen molar-refractivity contribution in [2.45, 2.75) is 64.4 Å². The van der Waals surface area contributed by atoms with Gasteiger partial charge in [-0.2, -0.15) is 0 Å². The van der Waals surface area contributed by atoms with Crippen LogP contribution in [-0.2, 0) is 38.6 Å². The molecule has 36 heavy (non-hydrogen) atoms. The molecule has 2 N–H and O–H groups in total. The predicted molar refractivity (Wildman–Crippen MR) is 129 cm³/mol. The van der Waals surface area contributed by atoms with Crippen molar-refractivity contribution in [3.8, 4) is 0 Å². The van der Waals surface area contributed by atoms with Crippen molar-refractivity contribution in [3.05, 3.63) is 69.8 Å². The quantitative estimate of drug-likeness (QED) is 0.622. The molecule has 0 aromatic heterocycles. The van der Waals surface area contributed by atoms with Gasteiger partial charge in [0.2, 0.25) is 11.8 Å². The topological polar surface area (TPSA) is 114 Å². The number of carbonyl (C=O) groups is 4. The summed E-state index contributed by atoms with van der Waals surface area (Å²) in [6.07, 6.45) is 0.273. The Bertz CT molecular complexity index is 1240. The summed E-state index contributed by atoms with van der Waals surface area (Å²) in [7, 11) is 0. The lowest BCUT2D eigenvalue weighted by Gasteiger charge is -2.29. The third-order valence-corrected chi connectivity index (χ3v) is 7.14.